The standard InChI is InChI=1S/C25H25Cl2NO6/c26-18-8-9-20(27)22(15-18)32-21(17-5-2-1-3-6-17)7-4-13-28-14-12-19(29)16-25(28)33-23(30)10-11-24(31)34-25/h1-3,5-6,8-11,15,19,21,29H,4,7,12-14,16H2. The molecule has 7 nitrogen and oxygen atoms in total. The summed E-state index contributed by atoms with van der Waals surface area (Å²) in [5.74, 6) is -2.52. The fourth-order valence-corrected chi connectivity index (χ4v) is 4.51. The fourth-order valence-electron chi connectivity index (χ4n) is 4.19. The Labute approximate surface area is 207 Å². The normalized spacial score (nSPS) is 21.0. The Morgan fingerprint density at radius 2 is 1.79 bits per heavy atom. The van der Waals surface area contributed by atoms with Crippen LogP contribution in [0.3, 0.4) is 0 Å². The summed E-state index contributed by atoms with van der Waals surface area (Å²) in [6.45, 7) is 0.849. The monoisotopic (exact) mass is 505 g/mol. The number of hydrogen-bond acceptors (Lipinski definition) is 7. The first kappa shape index (κ1) is 24.5. The molecular weight excluding hydrogens is 481 g/mol. The molecule has 4 rings (SSSR count). The van der Waals surface area contributed by atoms with Crippen LogP contribution in [0.4, 0.5) is 0 Å². The molecular formula is C25H25Cl2NO6. The summed E-state index contributed by atoms with van der Waals surface area (Å²) >= 11 is 12.4. The zero-order valence-electron chi connectivity index (χ0n) is 18.4. The maximum atomic E-state index is 12.1. The van der Waals surface area contributed by atoms with Crippen molar-refractivity contribution in [3.05, 3.63) is 76.3 Å². The topological polar surface area (TPSA) is 85.3 Å². The second-order valence-corrected chi connectivity index (χ2v) is 9.10. The van der Waals surface area contributed by atoms with Gasteiger partial charge < -0.3 is 19.3 Å². The molecule has 0 amide bonds. The number of aliphatic hydroxyl groups excluding tert-OH is 1. The van der Waals surface area contributed by atoms with Crippen molar-refractivity contribution in [2.24, 2.45) is 0 Å². The van der Waals surface area contributed by atoms with Crippen molar-refractivity contribution in [1.82, 2.24) is 4.90 Å². The largest absolute Gasteiger partial charge is 0.484 e. The third-order valence-electron chi connectivity index (χ3n) is 5.81. The molecule has 1 fully saturated rings. The van der Waals surface area contributed by atoms with Crippen molar-refractivity contribution in [2.75, 3.05) is 13.1 Å². The van der Waals surface area contributed by atoms with Crippen LogP contribution in [0.15, 0.2) is 60.7 Å². The van der Waals surface area contributed by atoms with Crippen molar-refractivity contribution in [2.45, 2.75) is 43.8 Å². The first-order chi connectivity index (χ1) is 16.3. The molecule has 2 aromatic carbocycles. The number of aliphatic hydroxyl groups is 1. The minimum Gasteiger partial charge on any atom is -0.484 e. The molecule has 2 unspecified atom stereocenters. The van der Waals surface area contributed by atoms with E-state index in [0.29, 0.717) is 48.1 Å². The van der Waals surface area contributed by atoms with Gasteiger partial charge in [0.1, 0.15) is 11.9 Å². The highest BCUT2D eigenvalue weighted by Gasteiger charge is 2.49. The average molecular weight is 506 g/mol. The van der Waals surface area contributed by atoms with Crippen molar-refractivity contribution in [3.8, 4) is 5.75 Å². The van der Waals surface area contributed by atoms with E-state index in [1.807, 2.05) is 30.3 Å². The Balaban J connectivity index is 1.49. The van der Waals surface area contributed by atoms with Crippen LogP contribution in [0.1, 0.15) is 37.4 Å². The molecule has 9 heteroatoms. The van der Waals surface area contributed by atoms with E-state index in [4.69, 9.17) is 37.4 Å². The van der Waals surface area contributed by atoms with Gasteiger partial charge in [-0.25, -0.2) is 14.5 Å². The van der Waals surface area contributed by atoms with E-state index in [1.165, 1.54) is 0 Å². The molecule has 1 saturated heterocycles. The Morgan fingerprint density at radius 3 is 2.50 bits per heavy atom. The highest BCUT2D eigenvalue weighted by atomic mass is 35.5. The molecule has 1 spiro atoms. The van der Waals surface area contributed by atoms with Gasteiger partial charge in [0, 0.05) is 36.3 Å². The van der Waals surface area contributed by atoms with Gasteiger partial charge in [-0.05, 0) is 37.0 Å². The predicted molar refractivity (Wildman–Crippen MR) is 126 cm³/mol. The van der Waals surface area contributed by atoms with Crippen LogP contribution in [0.2, 0.25) is 10.0 Å². The molecule has 2 atom stereocenters. The molecule has 2 heterocycles. The van der Waals surface area contributed by atoms with Gasteiger partial charge in [-0.2, -0.15) is 0 Å². The molecule has 0 saturated carbocycles. The molecule has 34 heavy (non-hydrogen) atoms. The third-order valence-corrected chi connectivity index (χ3v) is 6.36. The van der Waals surface area contributed by atoms with Crippen molar-refractivity contribution in [1.29, 1.82) is 0 Å². The number of likely N-dealkylation sites (tertiary alicyclic amines) is 1. The van der Waals surface area contributed by atoms with E-state index in [9.17, 15) is 14.7 Å². The van der Waals surface area contributed by atoms with E-state index in [1.54, 1.807) is 23.1 Å². The number of carbonyl (C=O) groups excluding carboxylic acids is 2. The lowest BCUT2D eigenvalue weighted by atomic mass is 10.0. The van der Waals surface area contributed by atoms with Gasteiger partial charge in [0.25, 0.3) is 0 Å². The Bertz CT molecular complexity index is 1040. The second kappa shape index (κ2) is 10.8. The zero-order chi connectivity index (χ0) is 24.1. The van der Waals surface area contributed by atoms with E-state index in [-0.39, 0.29) is 12.5 Å². The van der Waals surface area contributed by atoms with Crippen molar-refractivity contribution in [3.63, 3.8) is 0 Å². The van der Waals surface area contributed by atoms with E-state index < -0.39 is 24.0 Å². The van der Waals surface area contributed by atoms with E-state index >= 15 is 0 Å². The van der Waals surface area contributed by atoms with Gasteiger partial charge in [0.15, 0.2) is 0 Å². The summed E-state index contributed by atoms with van der Waals surface area (Å²) in [6, 6.07) is 14.8. The summed E-state index contributed by atoms with van der Waals surface area (Å²) in [7, 11) is 0. The van der Waals surface area contributed by atoms with Gasteiger partial charge in [-0.3, -0.25) is 0 Å². The Kier molecular flexibility index (Phi) is 7.78. The van der Waals surface area contributed by atoms with E-state index in [0.717, 1.165) is 17.7 Å². The second-order valence-electron chi connectivity index (χ2n) is 8.26. The van der Waals surface area contributed by atoms with E-state index in [2.05, 4.69) is 0 Å². The van der Waals surface area contributed by atoms with Crippen LogP contribution < -0.4 is 4.74 Å². The zero-order valence-corrected chi connectivity index (χ0v) is 19.9. The van der Waals surface area contributed by atoms with Crippen molar-refractivity contribution >= 4 is 35.1 Å². The third kappa shape index (κ3) is 5.91. The van der Waals surface area contributed by atoms with Crippen LogP contribution in [0.5, 0.6) is 5.75 Å². The first-order valence-corrected chi connectivity index (χ1v) is 11.8. The predicted octanol–water partition coefficient (Wildman–Crippen LogP) is 4.66. The van der Waals surface area contributed by atoms with Crippen molar-refractivity contribution < 1.29 is 28.9 Å². The number of ether oxygens (including phenoxy) is 3. The Morgan fingerprint density at radius 1 is 1.09 bits per heavy atom. The minimum absolute atomic E-state index is 0.0110. The van der Waals surface area contributed by atoms with Gasteiger partial charge in [-0.15, -0.1) is 0 Å². The summed E-state index contributed by atoms with van der Waals surface area (Å²) in [6.07, 6.45) is 2.68. The number of nitrogens with zero attached hydrogens (tertiary/aromatic N) is 1. The van der Waals surface area contributed by atoms with Crippen LogP contribution in [0, 0.1) is 0 Å². The van der Waals surface area contributed by atoms with Gasteiger partial charge in [0.2, 0.25) is 0 Å². The van der Waals surface area contributed by atoms with Crippen LogP contribution in [-0.4, -0.2) is 47.0 Å². The first-order valence-electron chi connectivity index (χ1n) is 11.1. The molecule has 2 aromatic rings. The van der Waals surface area contributed by atoms with Crippen LogP contribution in [-0.2, 0) is 19.1 Å². The minimum atomic E-state index is -1.63. The summed E-state index contributed by atoms with van der Waals surface area (Å²) in [5.41, 5.74) is 0.971. The highest BCUT2D eigenvalue weighted by molar-refractivity contribution is 6.34. The molecule has 0 aromatic heterocycles. The van der Waals surface area contributed by atoms with Crippen LogP contribution in [0.25, 0.3) is 0 Å². The van der Waals surface area contributed by atoms with Gasteiger partial charge in [0.05, 0.1) is 17.5 Å². The molecule has 1 N–H and O–H groups in total. The fraction of sp³-hybridized carbons (Fsp3) is 0.360. The number of esters is 2. The lowest BCUT2D eigenvalue weighted by Gasteiger charge is -2.45. The number of carbonyl (C=O) groups is 2. The lowest BCUT2D eigenvalue weighted by molar-refractivity contribution is -0.303. The highest BCUT2D eigenvalue weighted by Crippen LogP contribution is 2.36. The molecule has 0 aliphatic carbocycles. The summed E-state index contributed by atoms with van der Waals surface area (Å²) < 4.78 is 17.2. The number of benzene rings is 2. The van der Waals surface area contributed by atoms with Gasteiger partial charge in [-0.1, -0.05) is 53.5 Å². The quantitative estimate of drug-likeness (QED) is 0.547. The Hall–Kier alpha value is -2.58. The summed E-state index contributed by atoms with van der Waals surface area (Å²) in [5, 5.41) is 11.2. The molecule has 0 bridgehead atoms. The molecule has 0 radical (unpaired) electrons. The maximum absolute atomic E-state index is 12.1. The average Bonchev–Trinajstić information content (AvgIpc) is 2.95. The molecule has 2 aliphatic rings. The molecule has 180 valence electrons. The lowest BCUT2D eigenvalue weighted by Crippen LogP contribution is -2.59. The SMILES string of the molecule is O=C1C=CC(=O)OC2(CC(O)CCN2CCCC(Oc2cc(Cl)ccc2Cl)c2ccccc2)O1. The summed E-state index contributed by atoms with van der Waals surface area (Å²) in [4.78, 5) is 26.0. The molecule has 2 aliphatic heterocycles. The number of rotatable bonds is 7. The van der Waals surface area contributed by atoms with Crippen LogP contribution >= 0.6 is 23.2 Å². The number of piperidine rings is 1. The smallest absolute Gasteiger partial charge is 0.335 e. The van der Waals surface area contributed by atoms with Gasteiger partial charge >= 0.3 is 17.8 Å². The number of hydrogen-bond donors (Lipinski definition) is 1. The maximum Gasteiger partial charge on any atom is 0.335 e. The number of halogens is 2.